The molecular formula is C24H32N8O. The van der Waals surface area contributed by atoms with Crippen molar-refractivity contribution in [1.29, 1.82) is 5.26 Å². The van der Waals surface area contributed by atoms with Crippen LogP contribution in [0.15, 0.2) is 35.4 Å². The van der Waals surface area contributed by atoms with Crippen LogP contribution in [0.25, 0.3) is 11.0 Å². The van der Waals surface area contributed by atoms with E-state index in [9.17, 15) is 4.79 Å². The number of fused-ring (bicyclic) bond motifs is 1. The molecule has 174 valence electrons. The van der Waals surface area contributed by atoms with Gasteiger partial charge in [-0.15, -0.1) is 0 Å². The van der Waals surface area contributed by atoms with Gasteiger partial charge in [0.05, 0.1) is 23.5 Å². The SMILES string of the molecule is CC[C@H]1CN([C@H](C)c2ccc(N)nc2)[C@H](CC)CN1c1cc(=O)n(C)c2cn(CC#N)nc12. The molecule has 0 aromatic carbocycles. The molecule has 3 atom stereocenters. The van der Waals surface area contributed by atoms with Gasteiger partial charge < -0.3 is 15.2 Å². The van der Waals surface area contributed by atoms with E-state index in [0.29, 0.717) is 11.9 Å². The van der Waals surface area contributed by atoms with Crippen molar-refractivity contribution in [3.63, 3.8) is 0 Å². The molecule has 2 N–H and O–H groups in total. The Labute approximate surface area is 194 Å². The summed E-state index contributed by atoms with van der Waals surface area (Å²) in [6.07, 6.45) is 5.58. The van der Waals surface area contributed by atoms with Crippen LogP contribution < -0.4 is 16.2 Å². The predicted octanol–water partition coefficient (Wildman–Crippen LogP) is 2.68. The Morgan fingerprint density at radius 2 is 2.00 bits per heavy atom. The first-order chi connectivity index (χ1) is 15.9. The number of anilines is 2. The lowest BCUT2D eigenvalue weighted by Gasteiger charge is -2.49. The molecule has 3 aromatic heterocycles. The summed E-state index contributed by atoms with van der Waals surface area (Å²) in [5, 5.41) is 13.8. The largest absolute Gasteiger partial charge is 0.384 e. The molecule has 1 saturated heterocycles. The molecule has 1 aliphatic heterocycles. The molecule has 4 heterocycles. The summed E-state index contributed by atoms with van der Waals surface area (Å²) in [4.78, 5) is 22.0. The van der Waals surface area contributed by atoms with E-state index in [2.05, 4.69) is 52.8 Å². The average Bonchev–Trinajstić information content (AvgIpc) is 3.25. The Balaban J connectivity index is 1.72. The lowest BCUT2D eigenvalue weighted by atomic mass is 9.97. The maximum atomic E-state index is 12.8. The Kier molecular flexibility index (Phi) is 6.38. The number of nitriles is 1. The number of aromatic nitrogens is 4. The second kappa shape index (κ2) is 9.24. The van der Waals surface area contributed by atoms with Gasteiger partial charge in [0.15, 0.2) is 0 Å². The molecule has 33 heavy (non-hydrogen) atoms. The minimum Gasteiger partial charge on any atom is -0.384 e. The van der Waals surface area contributed by atoms with E-state index >= 15 is 0 Å². The Hall–Kier alpha value is -3.38. The van der Waals surface area contributed by atoms with Crippen LogP contribution in [0.4, 0.5) is 11.5 Å². The van der Waals surface area contributed by atoms with Gasteiger partial charge in [0, 0.05) is 50.5 Å². The molecular weight excluding hydrogens is 416 g/mol. The topological polar surface area (TPSA) is 109 Å². The van der Waals surface area contributed by atoms with Crippen LogP contribution in [-0.4, -0.2) is 49.4 Å². The molecule has 1 fully saturated rings. The van der Waals surface area contributed by atoms with Gasteiger partial charge in [0.1, 0.15) is 17.9 Å². The highest BCUT2D eigenvalue weighted by molar-refractivity contribution is 5.88. The summed E-state index contributed by atoms with van der Waals surface area (Å²) < 4.78 is 3.21. The van der Waals surface area contributed by atoms with Gasteiger partial charge in [-0.1, -0.05) is 19.9 Å². The van der Waals surface area contributed by atoms with Crippen molar-refractivity contribution < 1.29 is 0 Å². The number of nitrogens with two attached hydrogens (primary N) is 1. The fraction of sp³-hybridized carbons (Fsp3) is 0.500. The molecule has 0 bridgehead atoms. The highest BCUT2D eigenvalue weighted by atomic mass is 16.1. The van der Waals surface area contributed by atoms with E-state index < -0.39 is 0 Å². The molecule has 9 nitrogen and oxygen atoms in total. The number of hydrogen-bond acceptors (Lipinski definition) is 7. The van der Waals surface area contributed by atoms with E-state index in [4.69, 9.17) is 11.0 Å². The first-order valence-corrected chi connectivity index (χ1v) is 11.6. The fourth-order valence-corrected chi connectivity index (χ4v) is 4.92. The third-order valence-electron chi connectivity index (χ3n) is 6.95. The van der Waals surface area contributed by atoms with Crippen LogP contribution in [0.2, 0.25) is 0 Å². The summed E-state index contributed by atoms with van der Waals surface area (Å²) >= 11 is 0. The van der Waals surface area contributed by atoms with E-state index in [-0.39, 0.29) is 24.2 Å². The molecule has 1 aliphatic rings. The zero-order valence-electron chi connectivity index (χ0n) is 19.8. The van der Waals surface area contributed by atoms with Crippen molar-refractivity contribution in [3.05, 3.63) is 46.5 Å². The standard InChI is InChI=1S/C24H32N8O/c1-5-18-14-32(19(6-2)13-31(18)16(3)17-7-8-22(26)27-12-17)20-11-23(33)29(4)21-15-30(10-9-25)28-24(20)21/h7-8,11-12,15-16,18-19H,5-6,10,13-14H2,1-4H3,(H2,26,27)/t16-,18-,19+/m1/s1. The minimum atomic E-state index is -0.0688. The summed E-state index contributed by atoms with van der Waals surface area (Å²) in [5.41, 5.74) is 9.25. The first kappa shape index (κ1) is 22.8. The van der Waals surface area contributed by atoms with Crippen LogP contribution in [0.5, 0.6) is 0 Å². The highest BCUT2D eigenvalue weighted by Crippen LogP contribution is 2.34. The first-order valence-electron chi connectivity index (χ1n) is 11.6. The van der Waals surface area contributed by atoms with Crippen molar-refractivity contribution in [2.24, 2.45) is 7.05 Å². The normalized spacial score (nSPS) is 20.2. The van der Waals surface area contributed by atoms with Crippen molar-refractivity contribution in [1.82, 2.24) is 24.2 Å². The number of rotatable bonds is 6. The predicted molar refractivity (Wildman–Crippen MR) is 130 cm³/mol. The van der Waals surface area contributed by atoms with Crippen LogP contribution in [0.3, 0.4) is 0 Å². The quantitative estimate of drug-likeness (QED) is 0.617. The third kappa shape index (κ3) is 4.18. The van der Waals surface area contributed by atoms with E-state index in [1.165, 1.54) is 0 Å². The molecule has 3 aromatic rings. The Morgan fingerprint density at radius 3 is 2.64 bits per heavy atom. The van der Waals surface area contributed by atoms with Gasteiger partial charge >= 0.3 is 0 Å². The lowest BCUT2D eigenvalue weighted by Crippen LogP contribution is -2.58. The molecule has 4 rings (SSSR count). The van der Waals surface area contributed by atoms with Crippen molar-refractivity contribution in [3.8, 4) is 6.07 Å². The average molecular weight is 449 g/mol. The number of pyridine rings is 2. The monoisotopic (exact) mass is 448 g/mol. The van der Waals surface area contributed by atoms with Crippen molar-refractivity contribution in [2.45, 2.75) is 58.3 Å². The molecule has 0 aliphatic carbocycles. The number of piperazine rings is 1. The fourth-order valence-electron chi connectivity index (χ4n) is 4.92. The zero-order valence-corrected chi connectivity index (χ0v) is 19.8. The van der Waals surface area contributed by atoms with Crippen LogP contribution in [-0.2, 0) is 13.6 Å². The maximum absolute atomic E-state index is 12.8. The van der Waals surface area contributed by atoms with Crippen LogP contribution in [0.1, 0.15) is 45.2 Å². The van der Waals surface area contributed by atoms with E-state index in [1.54, 1.807) is 28.6 Å². The van der Waals surface area contributed by atoms with Crippen molar-refractivity contribution in [2.75, 3.05) is 23.7 Å². The molecule has 9 heteroatoms. The van der Waals surface area contributed by atoms with Gasteiger partial charge in [0.25, 0.3) is 5.56 Å². The summed E-state index contributed by atoms with van der Waals surface area (Å²) in [6, 6.07) is 8.48. The molecule has 0 radical (unpaired) electrons. The molecule has 0 spiro atoms. The van der Waals surface area contributed by atoms with E-state index in [0.717, 1.165) is 48.2 Å². The number of nitrogens with zero attached hydrogens (tertiary/aromatic N) is 7. The zero-order chi connectivity index (χ0) is 23.7. The van der Waals surface area contributed by atoms with E-state index in [1.807, 2.05) is 12.3 Å². The summed E-state index contributed by atoms with van der Waals surface area (Å²) in [5.74, 6) is 0.528. The third-order valence-corrected chi connectivity index (χ3v) is 6.95. The Morgan fingerprint density at radius 1 is 1.24 bits per heavy atom. The number of hydrogen-bond donors (Lipinski definition) is 1. The number of aryl methyl sites for hydroxylation is 1. The van der Waals surface area contributed by atoms with Gasteiger partial charge in [-0.2, -0.15) is 10.4 Å². The lowest BCUT2D eigenvalue weighted by molar-refractivity contribution is 0.101. The second-order valence-corrected chi connectivity index (χ2v) is 8.81. The smallest absolute Gasteiger partial charge is 0.252 e. The molecule has 0 unspecified atom stereocenters. The second-order valence-electron chi connectivity index (χ2n) is 8.81. The Bertz CT molecular complexity index is 1220. The minimum absolute atomic E-state index is 0.0688. The van der Waals surface area contributed by atoms with Gasteiger partial charge in [-0.3, -0.25) is 14.4 Å². The highest BCUT2D eigenvalue weighted by Gasteiger charge is 2.36. The summed E-state index contributed by atoms with van der Waals surface area (Å²) in [6.45, 7) is 8.43. The molecule has 0 saturated carbocycles. The molecule has 0 amide bonds. The summed E-state index contributed by atoms with van der Waals surface area (Å²) in [7, 11) is 1.75. The van der Waals surface area contributed by atoms with Crippen molar-refractivity contribution >= 4 is 22.5 Å². The van der Waals surface area contributed by atoms with Crippen LogP contribution in [0, 0.1) is 11.3 Å². The van der Waals surface area contributed by atoms with Gasteiger partial charge in [0.2, 0.25) is 0 Å². The maximum Gasteiger partial charge on any atom is 0.252 e. The number of nitrogen functional groups attached to an aromatic ring is 1. The van der Waals surface area contributed by atoms with Gasteiger partial charge in [-0.25, -0.2) is 4.98 Å². The van der Waals surface area contributed by atoms with Crippen LogP contribution >= 0.6 is 0 Å². The van der Waals surface area contributed by atoms with Gasteiger partial charge in [-0.05, 0) is 31.4 Å².